The molecular weight excluding hydrogens is 362 g/mol. The van der Waals surface area contributed by atoms with Crippen LogP contribution in [0.15, 0.2) is 30.3 Å². The summed E-state index contributed by atoms with van der Waals surface area (Å²) in [4.78, 5) is 39.8. The minimum absolute atomic E-state index is 0.160. The van der Waals surface area contributed by atoms with E-state index in [-0.39, 0.29) is 17.6 Å². The highest BCUT2D eigenvalue weighted by Gasteiger charge is 2.51. The van der Waals surface area contributed by atoms with E-state index in [1.807, 2.05) is 30.3 Å². The van der Waals surface area contributed by atoms with Crippen LogP contribution in [0.2, 0.25) is 0 Å². The molecule has 146 valence electrons. The number of primary amides is 1. The Morgan fingerprint density at radius 2 is 1.81 bits per heavy atom. The Balaban J connectivity index is 1.89. The second-order valence-electron chi connectivity index (χ2n) is 7.31. The molecule has 1 aliphatic heterocycles. The van der Waals surface area contributed by atoms with Crippen molar-refractivity contribution in [3.63, 3.8) is 0 Å². The summed E-state index contributed by atoms with van der Waals surface area (Å²) in [5.74, 6) is -0.117. The Kier molecular flexibility index (Phi) is 6.42. The lowest BCUT2D eigenvalue weighted by atomic mass is 9.85. The van der Waals surface area contributed by atoms with Gasteiger partial charge in [-0.2, -0.15) is 0 Å². The molecule has 1 aliphatic carbocycles. The summed E-state index contributed by atoms with van der Waals surface area (Å²) < 4.78 is 0. The number of nitrogens with zero attached hydrogens (tertiary/aromatic N) is 1. The third-order valence-corrected chi connectivity index (χ3v) is 6.52. The van der Waals surface area contributed by atoms with E-state index in [4.69, 9.17) is 5.73 Å². The number of nitrogens with two attached hydrogens (primary N) is 1. The zero-order valence-corrected chi connectivity index (χ0v) is 16.3. The molecule has 1 saturated heterocycles. The number of carbonyl (C=O) groups is 3. The molecule has 1 unspecified atom stereocenters. The van der Waals surface area contributed by atoms with Crippen LogP contribution in [0.1, 0.15) is 44.1 Å². The van der Waals surface area contributed by atoms with E-state index in [9.17, 15) is 14.4 Å². The van der Waals surface area contributed by atoms with E-state index >= 15 is 0 Å². The van der Waals surface area contributed by atoms with Gasteiger partial charge in [0.25, 0.3) is 0 Å². The van der Waals surface area contributed by atoms with Gasteiger partial charge in [0.2, 0.25) is 17.7 Å². The minimum Gasteiger partial charge on any atom is -0.368 e. The van der Waals surface area contributed by atoms with Gasteiger partial charge in [0, 0.05) is 12.3 Å². The molecule has 0 radical (unpaired) electrons. The lowest BCUT2D eigenvalue weighted by Gasteiger charge is -2.47. The van der Waals surface area contributed by atoms with Crippen LogP contribution in [0.3, 0.4) is 0 Å². The van der Waals surface area contributed by atoms with Crippen molar-refractivity contribution in [3.8, 4) is 0 Å². The van der Waals surface area contributed by atoms with Gasteiger partial charge < -0.3 is 16.0 Å². The lowest BCUT2D eigenvalue weighted by molar-refractivity contribution is -0.154. The summed E-state index contributed by atoms with van der Waals surface area (Å²) >= 11 is 1.41. The second-order valence-corrected chi connectivity index (χ2v) is 8.34. The van der Waals surface area contributed by atoms with Crippen LogP contribution in [-0.2, 0) is 20.9 Å². The van der Waals surface area contributed by atoms with Crippen molar-refractivity contribution >= 4 is 29.5 Å². The molecule has 0 bridgehead atoms. The first kappa shape index (κ1) is 19.7. The molecule has 1 heterocycles. The van der Waals surface area contributed by atoms with Gasteiger partial charge in [-0.15, -0.1) is 11.8 Å². The average Bonchev–Trinajstić information content (AvgIpc) is 2.93. The van der Waals surface area contributed by atoms with Crippen molar-refractivity contribution in [1.29, 1.82) is 0 Å². The van der Waals surface area contributed by atoms with Crippen molar-refractivity contribution in [2.45, 2.75) is 56.7 Å². The maximum atomic E-state index is 13.4. The van der Waals surface area contributed by atoms with Crippen LogP contribution in [-0.4, -0.2) is 45.7 Å². The van der Waals surface area contributed by atoms with E-state index in [0.29, 0.717) is 25.1 Å². The van der Waals surface area contributed by atoms with E-state index in [1.165, 1.54) is 16.7 Å². The Hall–Kier alpha value is -2.02. The number of nitrogens with one attached hydrogen (secondary N) is 1. The highest BCUT2D eigenvalue weighted by Crippen LogP contribution is 2.37. The monoisotopic (exact) mass is 389 g/mol. The molecule has 2 fully saturated rings. The highest BCUT2D eigenvalue weighted by molar-refractivity contribution is 8.00. The van der Waals surface area contributed by atoms with Crippen molar-refractivity contribution in [2.75, 3.05) is 11.5 Å². The zero-order valence-electron chi connectivity index (χ0n) is 15.5. The van der Waals surface area contributed by atoms with E-state index < -0.39 is 17.5 Å². The van der Waals surface area contributed by atoms with Gasteiger partial charge in [0.1, 0.15) is 11.6 Å². The molecule has 0 spiro atoms. The Labute approximate surface area is 164 Å². The number of rotatable bonds is 5. The minimum atomic E-state index is -0.983. The van der Waals surface area contributed by atoms with Crippen LogP contribution in [0.25, 0.3) is 0 Å². The standard InChI is InChI=1S/C20H27N3O3S/c21-18(25)16-13-27-14-17(24)23(16)20(10-6-1-2-7-11-20)19(26)22-12-15-8-4-3-5-9-15/h3-5,8-9,16H,1-2,6-7,10-14H2,(H2,21,25)(H,22,26). The fourth-order valence-electron chi connectivity index (χ4n) is 4.16. The normalized spacial score (nSPS) is 22.7. The molecule has 7 heteroatoms. The summed E-state index contributed by atoms with van der Waals surface area (Å²) in [5, 5.41) is 3.02. The smallest absolute Gasteiger partial charge is 0.246 e. The van der Waals surface area contributed by atoms with Gasteiger partial charge in [-0.3, -0.25) is 14.4 Å². The van der Waals surface area contributed by atoms with Gasteiger partial charge >= 0.3 is 0 Å². The highest BCUT2D eigenvalue weighted by atomic mass is 32.2. The van der Waals surface area contributed by atoms with Gasteiger partial charge in [-0.1, -0.05) is 56.0 Å². The van der Waals surface area contributed by atoms with Crippen molar-refractivity contribution in [1.82, 2.24) is 10.2 Å². The second kappa shape index (κ2) is 8.78. The quantitative estimate of drug-likeness (QED) is 0.752. The van der Waals surface area contributed by atoms with Crippen molar-refractivity contribution in [2.24, 2.45) is 5.73 Å². The zero-order chi connectivity index (χ0) is 19.3. The average molecular weight is 390 g/mol. The van der Waals surface area contributed by atoms with E-state index in [2.05, 4.69) is 5.32 Å². The Bertz CT molecular complexity index is 687. The van der Waals surface area contributed by atoms with E-state index in [1.54, 1.807) is 0 Å². The molecule has 1 atom stereocenters. The molecular formula is C20H27N3O3S. The molecule has 1 aromatic rings. The predicted molar refractivity (Wildman–Crippen MR) is 106 cm³/mol. The first-order valence-corrected chi connectivity index (χ1v) is 10.7. The third-order valence-electron chi connectivity index (χ3n) is 5.52. The van der Waals surface area contributed by atoms with E-state index in [0.717, 1.165) is 31.2 Å². The molecule has 1 aromatic carbocycles. The van der Waals surface area contributed by atoms with Crippen molar-refractivity contribution in [3.05, 3.63) is 35.9 Å². The summed E-state index contributed by atoms with van der Waals surface area (Å²) in [5.41, 5.74) is 5.63. The van der Waals surface area contributed by atoms with Crippen LogP contribution < -0.4 is 11.1 Å². The largest absolute Gasteiger partial charge is 0.368 e. The predicted octanol–water partition coefficient (Wildman–Crippen LogP) is 1.83. The number of amides is 3. The molecule has 0 aromatic heterocycles. The molecule has 3 amide bonds. The first-order chi connectivity index (χ1) is 13.0. The number of hydrogen-bond acceptors (Lipinski definition) is 4. The van der Waals surface area contributed by atoms with Gasteiger partial charge in [-0.05, 0) is 18.4 Å². The van der Waals surface area contributed by atoms with Gasteiger partial charge in [0.05, 0.1) is 5.75 Å². The maximum absolute atomic E-state index is 13.4. The molecule has 3 rings (SSSR count). The Morgan fingerprint density at radius 1 is 1.15 bits per heavy atom. The first-order valence-electron chi connectivity index (χ1n) is 9.56. The number of benzene rings is 1. The molecule has 6 nitrogen and oxygen atoms in total. The SMILES string of the molecule is NC(=O)C1CSCC(=O)N1C1(C(=O)NCc2ccccc2)CCCCCC1. The summed E-state index contributed by atoms with van der Waals surface area (Å²) in [7, 11) is 0. The topological polar surface area (TPSA) is 92.5 Å². The number of hydrogen-bond donors (Lipinski definition) is 2. The number of carbonyl (C=O) groups excluding carboxylic acids is 3. The van der Waals surface area contributed by atoms with Crippen LogP contribution in [0.5, 0.6) is 0 Å². The van der Waals surface area contributed by atoms with Gasteiger partial charge in [-0.25, -0.2) is 0 Å². The van der Waals surface area contributed by atoms with Crippen LogP contribution >= 0.6 is 11.8 Å². The molecule has 1 saturated carbocycles. The maximum Gasteiger partial charge on any atom is 0.246 e. The number of thioether (sulfide) groups is 1. The van der Waals surface area contributed by atoms with Crippen molar-refractivity contribution < 1.29 is 14.4 Å². The molecule has 27 heavy (non-hydrogen) atoms. The van der Waals surface area contributed by atoms with Crippen LogP contribution in [0, 0.1) is 0 Å². The molecule has 2 aliphatic rings. The lowest BCUT2D eigenvalue weighted by Crippen LogP contribution is -2.68. The fraction of sp³-hybridized carbons (Fsp3) is 0.550. The summed E-state index contributed by atoms with van der Waals surface area (Å²) in [6.45, 7) is 0.402. The molecule has 3 N–H and O–H groups in total. The Morgan fingerprint density at radius 3 is 2.44 bits per heavy atom. The summed E-state index contributed by atoms with van der Waals surface area (Å²) in [6, 6.07) is 8.97. The van der Waals surface area contributed by atoms with Crippen LogP contribution in [0.4, 0.5) is 0 Å². The summed E-state index contributed by atoms with van der Waals surface area (Å²) in [6.07, 6.45) is 4.95. The third kappa shape index (κ3) is 4.29. The van der Waals surface area contributed by atoms with Gasteiger partial charge in [0.15, 0.2) is 0 Å². The fourth-order valence-corrected chi connectivity index (χ4v) is 5.12.